The van der Waals surface area contributed by atoms with E-state index in [1.165, 1.54) is 0 Å². The van der Waals surface area contributed by atoms with E-state index in [9.17, 15) is 9.59 Å². The van der Waals surface area contributed by atoms with Gasteiger partial charge in [0, 0.05) is 26.1 Å². The topological polar surface area (TPSA) is 60.9 Å². The minimum atomic E-state index is -0.734. The maximum absolute atomic E-state index is 12.3. The highest BCUT2D eigenvalue weighted by molar-refractivity contribution is 5.78. The third-order valence-corrected chi connectivity index (χ3v) is 3.77. The Morgan fingerprint density at radius 2 is 1.90 bits per heavy atom. The van der Waals surface area contributed by atoms with Crippen molar-refractivity contribution in [3.63, 3.8) is 0 Å². The first-order chi connectivity index (χ1) is 9.56. The number of amides is 1. The summed E-state index contributed by atoms with van der Waals surface area (Å²) >= 11 is 0. The Kier molecular flexibility index (Phi) is 7.59. The molecule has 1 atom stereocenters. The number of piperidine rings is 1. The fourth-order valence-corrected chi connectivity index (χ4v) is 2.90. The first-order valence-electron chi connectivity index (χ1n) is 7.78. The molecule has 1 aliphatic rings. The summed E-state index contributed by atoms with van der Waals surface area (Å²) in [5.74, 6) is -0.355. The van der Waals surface area contributed by atoms with Gasteiger partial charge in [-0.05, 0) is 38.1 Å². The number of hydrogen-bond acceptors (Lipinski definition) is 3. The highest BCUT2D eigenvalue weighted by Gasteiger charge is 2.24. The smallest absolute Gasteiger partial charge is 0.303 e. The van der Waals surface area contributed by atoms with E-state index >= 15 is 0 Å². The molecule has 1 amide bonds. The molecule has 0 aromatic rings. The summed E-state index contributed by atoms with van der Waals surface area (Å²) in [5.41, 5.74) is 0. The van der Waals surface area contributed by atoms with Gasteiger partial charge in [0.1, 0.15) is 0 Å². The van der Waals surface area contributed by atoms with Gasteiger partial charge < -0.3 is 10.0 Å². The molecule has 1 rings (SSSR count). The lowest BCUT2D eigenvalue weighted by atomic mass is 9.95. The largest absolute Gasteiger partial charge is 0.481 e. The van der Waals surface area contributed by atoms with Crippen LogP contribution in [0.4, 0.5) is 0 Å². The van der Waals surface area contributed by atoms with Crippen LogP contribution in [0.15, 0.2) is 0 Å². The van der Waals surface area contributed by atoms with Crippen LogP contribution in [-0.2, 0) is 9.59 Å². The molecule has 0 aliphatic carbocycles. The third kappa shape index (κ3) is 5.90. The summed E-state index contributed by atoms with van der Waals surface area (Å²) in [4.78, 5) is 27.1. The highest BCUT2D eigenvalue weighted by atomic mass is 16.4. The normalized spacial score (nSPS) is 19.8. The molecule has 0 saturated carbocycles. The molecule has 0 aromatic carbocycles. The Balaban J connectivity index is 2.45. The molecule has 1 N–H and O–H groups in total. The number of aliphatic carboxylic acids is 1. The molecule has 1 saturated heterocycles. The highest BCUT2D eigenvalue weighted by Crippen LogP contribution is 2.19. The summed E-state index contributed by atoms with van der Waals surface area (Å²) < 4.78 is 0. The van der Waals surface area contributed by atoms with Crippen LogP contribution in [0.5, 0.6) is 0 Å². The van der Waals surface area contributed by atoms with Crippen molar-refractivity contribution < 1.29 is 14.7 Å². The Hall–Kier alpha value is -1.10. The minimum absolute atomic E-state index is 0.185. The van der Waals surface area contributed by atoms with E-state index in [2.05, 4.69) is 18.7 Å². The summed E-state index contributed by atoms with van der Waals surface area (Å²) in [7, 11) is 0. The minimum Gasteiger partial charge on any atom is -0.481 e. The molecule has 116 valence electrons. The Morgan fingerprint density at radius 3 is 2.45 bits per heavy atom. The number of carboxylic acids is 1. The lowest BCUT2D eigenvalue weighted by molar-refractivity contribution is -0.138. The lowest BCUT2D eigenvalue weighted by Gasteiger charge is -2.33. The molecule has 1 aliphatic heterocycles. The number of carbonyl (C=O) groups is 2. The van der Waals surface area contributed by atoms with Crippen LogP contribution < -0.4 is 0 Å². The van der Waals surface area contributed by atoms with Crippen molar-refractivity contribution >= 4 is 11.9 Å². The van der Waals surface area contributed by atoms with E-state index in [0.29, 0.717) is 6.54 Å². The van der Waals surface area contributed by atoms with Crippen LogP contribution in [0.3, 0.4) is 0 Å². The lowest BCUT2D eigenvalue weighted by Crippen LogP contribution is -2.45. The predicted octanol–water partition coefficient (Wildman–Crippen LogP) is 1.82. The van der Waals surface area contributed by atoms with Gasteiger partial charge in [-0.25, -0.2) is 0 Å². The van der Waals surface area contributed by atoms with E-state index in [0.717, 1.165) is 51.9 Å². The molecule has 1 fully saturated rings. The molecule has 1 unspecified atom stereocenters. The Bertz CT molecular complexity index is 314. The van der Waals surface area contributed by atoms with Gasteiger partial charge in [-0.15, -0.1) is 0 Å². The molecule has 5 heteroatoms. The predicted molar refractivity (Wildman–Crippen MR) is 78.6 cm³/mol. The summed E-state index contributed by atoms with van der Waals surface area (Å²) in [5, 5.41) is 8.87. The van der Waals surface area contributed by atoms with E-state index in [4.69, 9.17) is 5.11 Å². The van der Waals surface area contributed by atoms with Crippen molar-refractivity contribution in [2.45, 2.75) is 46.0 Å². The maximum Gasteiger partial charge on any atom is 0.303 e. The molecule has 5 nitrogen and oxygen atoms in total. The van der Waals surface area contributed by atoms with Gasteiger partial charge in [0.15, 0.2) is 0 Å². The van der Waals surface area contributed by atoms with Crippen LogP contribution in [0, 0.1) is 5.92 Å². The summed E-state index contributed by atoms with van der Waals surface area (Å²) in [6, 6.07) is 0. The molecule has 1 heterocycles. The van der Waals surface area contributed by atoms with Crippen LogP contribution in [0.25, 0.3) is 0 Å². The number of carbonyl (C=O) groups excluding carboxylic acids is 1. The average molecular weight is 284 g/mol. The number of likely N-dealkylation sites (tertiary alicyclic amines) is 1. The number of rotatable bonds is 8. The summed E-state index contributed by atoms with van der Waals surface area (Å²) in [6.07, 6.45) is 4.14. The zero-order valence-corrected chi connectivity index (χ0v) is 12.8. The fraction of sp³-hybridized carbons (Fsp3) is 0.867. The first kappa shape index (κ1) is 17.0. The van der Waals surface area contributed by atoms with Crippen LogP contribution in [-0.4, -0.2) is 59.5 Å². The Labute approximate surface area is 121 Å². The fourth-order valence-electron chi connectivity index (χ4n) is 2.90. The second kappa shape index (κ2) is 8.95. The van der Waals surface area contributed by atoms with Crippen molar-refractivity contribution in [1.29, 1.82) is 0 Å². The zero-order chi connectivity index (χ0) is 15.0. The SMILES string of the molecule is CCCN(CCC)C(=O)CN1CCCC(CC(=O)O)C1. The van der Waals surface area contributed by atoms with Gasteiger partial charge in [0.25, 0.3) is 0 Å². The van der Waals surface area contributed by atoms with E-state index < -0.39 is 5.97 Å². The molecule has 20 heavy (non-hydrogen) atoms. The van der Waals surface area contributed by atoms with Crippen molar-refractivity contribution in [2.75, 3.05) is 32.7 Å². The molecular weight excluding hydrogens is 256 g/mol. The van der Waals surface area contributed by atoms with E-state index in [1.54, 1.807) is 0 Å². The van der Waals surface area contributed by atoms with Crippen LogP contribution >= 0.6 is 0 Å². The van der Waals surface area contributed by atoms with Gasteiger partial charge in [0.05, 0.1) is 6.54 Å². The molecule has 0 bridgehead atoms. The van der Waals surface area contributed by atoms with E-state index in [1.807, 2.05) is 4.90 Å². The second-order valence-electron chi connectivity index (χ2n) is 5.72. The third-order valence-electron chi connectivity index (χ3n) is 3.77. The molecular formula is C15H28N2O3. The quantitative estimate of drug-likeness (QED) is 0.738. The number of hydrogen-bond donors (Lipinski definition) is 1. The van der Waals surface area contributed by atoms with Gasteiger partial charge in [-0.1, -0.05) is 13.8 Å². The number of nitrogens with zero attached hydrogens (tertiary/aromatic N) is 2. The van der Waals surface area contributed by atoms with Gasteiger partial charge in [0.2, 0.25) is 5.91 Å². The zero-order valence-electron chi connectivity index (χ0n) is 12.8. The average Bonchev–Trinajstić information content (AvgIpc) is 2.38. The van der Waals surface area contributed by atoms with Crippen molar-refractivity contribution in [2.24, 2.45) is 5.92 Å². The second-order valence-corrected chi connectivity index (χ2v) is 5.72. The monoisotopic (exact) mass is 284 g/mol. The van der Waals surface area contributed by atoms with E-state index in [-0.39, 0.29) is 18.2 Å². The molecule has 0 spiro atoms. The Morgan fingerprint density at radius 1 is 1.25 bits per heavy atom. The molecule has 0 radical (unpaired) electrons. The number of carboxylic acid groups (broad SMARTS) is 1. The van der Waals surface area contributed by atoms with Gasteiger partial charge in [-0.3, -0.25) is 14.5 Å². The standard InChI is InChI=1S/C15H28N2O3/c1-3-7-17(8-4-2)14(18)12-16-9-5-6-13(11-16)10-15(19)20/h13H,3-12H2,1-2H3,(H,19,20). The van der Waals surface area contributed by atoms with Gasteiger partial charge in [-0.2, -0.15) is 0 Å². The van der Waals surface area contributed by atoms with Crippen molar-refractivity contribution in [3.8, 4) is 0 Å². The maximum atomic E-state index is 12.3. The van der Waals surface area contributed by atoms with Gasteiger partial charge >= 0.3 is 5.97 Å². The summed E-state index contributed by atoms with van der Waals surface area (Å²) in [6.45, 7) is 7.89. The van der Waals surface area contributed by atoms with Crippen LogP contribution in [0.2, 0.25) is 0 Å². The first-order valence-corrected chi connectivity index (χ1v) is 7.78. The van der Waals surface area contributed by atoms with Crippen LogP contribution in [0.1, 0.15) is 46.0 Å². The molecule has 0 aromatic heterocycles. The van der Waals surface area contributed by atoms with Crippen molar-refractivity contribution in [1.82, 2.24) is 9.80 Å². The van der Waals surface area contributed by atoms with Crippen molar-refractivity contribution in [3.05, 3.63) is 0 Å².